The summed E-state index contributed by atoms with van der Waals surface area (Å²) < 4.78 is 0. The van der Waals surface area contributed by atoms with Crippen molar-refractivity contribution in [1.29, 1.82) is 5.26 Å². The van der Waals surface area contributed by atoms with Gasteiger partial charge in [-0.1, -0.05) is 17.7 Å². The van der Waals surface area contributed by atoms with E-state index in [9.17, 15) is 4.79 Å². The van der Waals surface area contributed by atoms with Crippen molar-refractivity contribution in [2.24, 2.45) is 0 Å². The molecule has 0 spiro atoms. The van der Waals surface area contributed by atoms with Crippen molar-refractivity contribution >= 4 is 29.1 Å². The molecule has 0 radical (unpaired) electrons. The van der Waals surface area contributed by atoms with Crippen LogP contribution < -0.4 is 4.90 Å². The molecule has 1 heterocycles. The second-order valence-corrected chi connectivity index (χ2v) is 4.46. The number of aromatic nitrogens is 1. The summed E-state index contributed by atoms with van der Waals surface area (Å²) in [6.45, 7) is 0. The minimum atomic E-state index is -1.11. The molecule has 0 fully saturated rings. The zero-order valence-electron chi connectivity index (χ0n) is 10.5. The molecule has 20 heavy (non-hydrogen) atoms. The maximum Gasteiger partial charge on any atom is 0.337 e. The molecule has 1 aromatic heterocycles. The third kappa shape index (κ3) is 2.71. The highest BCUT2D eigenvalue weighted by molar-refractivity contribution is 6.33. The molecule has 0 saturated heterocycles. The summed E-state index contributed by atoms with van der Waals surface area (Å²) in [5, 5.41) is 18.0. The lowest BCUT2D eigenvalue weighted by atomic mass is 10.2. The normalized spacial score (nSPS) is 9.85. The minimum absolute atomic E-state index is 0.0139. The van der Waals surface area contributed by atoms with Crippen molar-refractivity contribution in [3.63, 3.8) is 0 Å². The lowest BCUT2D eigenvalue weighted by molar-refractivity contribution is 0.0697. The average Bonchev–Trinajstić information content (AvgIpc) is 2.46. The largest absolute Gasteiger partial charge is 0.478 e. The van der Waals surface area contributed by atoms with Crippen LogP contribution in [0.1, 0.15) is 15.9 Å². The lowest BCUT2D eigenvalue weighted by Crippen LogP contribution is -2.12. The molecule has 0 aliphatic carbocycles. The number of nitriles is 1. The van der Waals surface area contributed by atoms with Crippen LogP contribution in [0.15, 0.2) is 36.5 Å². The highest BCUT2D eigenvalue weighted by Crippen LogP contribution is 2.25. The molecule has 0 amide bonds. The smallest absolute Gasteiger partial charge is 0.337 e. The number of pyridine rings is 1. The topological polar surface area (TPSA) is 77.2 Å². The molecule has 1 aromatic carbocycles. The summed E-state index contributed by atoms with van der Waals surface area (Å²) in [5.74, 6) is -0.681. The highest BCUT2D eigenvalue weighted by Gasteiger charge is 2.13. The average molecular weight is 288 g/mol. The van der Waals surface area contributed by atoms with Crippen molar-refractivity contribution in [3.05, 3.63) is 52.7 Å². The van der Waals surface area contributed by atoms with Gasteiger partial charge < -0.3 is 10.0 Å². The van der Waals surface area contributed by atoms with Crippen molar-refractivity contribution in [1.82, 2.24) is 4.98 Å². The van der Waals surface area contributed by atoms with E-state index in [0.29, 0.717) is 11.4 Å². The number of rotatable bonds is 3. The number of carboxylic acids is 1. The van der Waals surface area contributed by atoms with Crippen LogP contribution in [-0.2, 0) is 0 Å². The fraction of sp³-hybridized carbons (Fsp3) is 0.0714. The van der Waals surface area contributed by atoms with Gasteiger partial charge in [-0.15, -0.1) is 0 Å². The van der Waals surface area contributed by atoms with E-state index in [1.807, 2.05) is 0 Å². The Bertz CT molecular complexity index is 710. The summed E-state index contributed by atoms with van der Waals surface area (Å²) in [7, 11) is 1.73. The van der Waals surface area contributed by atoms with E-state index in [-0.39, 0.29) is 10.6 Å². The molecule has 0 bridgehead atoms. The first-order valence-electron chi connectivity index (χ1n) is 5.65. The minimum Gasteiger partial charge on any atom is -0.478 e. The molecule has 1 N–H and O–H groups in total. The maximum absolute atomic E-state index is 11.1. The number of hydrogen-bond donors (Lipinski definition) is 1. The van der Waals surface area contributed by atoms with Crippen molar-refractivity contribution in [3.8, 4) is 6.07 Å². The molecule has 5 nitrogen and oxygen atoms in total. The van der Waals surface area contributed by atoms with Crippen molar-refractivity contribution in [2.45, 2.75) is 0 Å². The van der Waals surface area contributed by atoms with E-state index in [4.69, 9.17) is 22.0 Å². The Morgan fingerprint density at radius 2 is 2.20 bits per heavy atom. The molecule has 100 valence electrons. The van der Waals surface area contributed by atoms with Gasteiger partial charge in [0.25, 0.3) is 0 Å². The van der Waals surface area contributed by atoms with Crippen LogP contribution in [-0.4, -0.2) is 23.1 Å². The Morgan fingerprint density at radius 1 is 1.45 bits per heavy atom. The summed E-state index contributed by atoms with van der Waals surface area (Å²) in [5.41, 5.74) is 1.23. The summed E-state index contributed by atoms with van der Waals surface area (Å²) in [6.07, 6.45) is 1.30. The van der Waals surface area contributed by atoms with Gasteiger partial charge in [-0.05, 0) is 24.3 Å². The first kappa shape index (κ1) is 13.8. The zero-order valence-corrected chi connectivity index (χ0v) is 11.3. The molecular weight excluding hydrogens is 278 g/mol. The van der Waals surface area contributed by atoms with Crippen LogP contribution in [0.3, 0.4) is 0 Å². The molecule has 2 aromatic rings. The number of benzene rings is 1. The molecule has 0 aliphatic heterocycles. The van der Waals surface area contributed by atoms with E-state index in [0.717, 1.165) is 5.69 Å². The molecule has 0 atom stereocenters. The van der Waals surface area contributed by atoms with Crippen LogP contribution in [0, 0.1) is 11.3 Å². The quantitative estimate of drug-likeness (QED) is 0.938. The lowest BCUT2D eigenvalue weighted by Gasteiger charge is -2.19. The van der Waals surface area contributed by atoms with Gasteiger partial charge in [0.2, 0.25) is 0 Å². The number of carbonyl (C=O) groups is 1. The fourth-order valence-corrected chi connectivity index (χ4v) is 1.88. The van der Waals surface area contributed by atoms with Crippen LogP contribution in [0.5, 0.6) is 0 Å². The van der Waals surface area contributed by atoms with Crippen molar-refractivity contribution in [2.75, 3.05) is 11.9 Å². The third-order valence-electron chi connectivity index (χ3n) is 2.78. The van der Waals surface area contributed by atoms with Gasteiger partial charge in [0.1, 0.15) is 5.82 Å². The molecule has 0 saturated carbocycles. The molecule has 0 aliphatic rings. The van der Waals surface area contributed by atoms with E-state index in [1.54, 1.807) is 36.2 Å². The molecule has 0 unspecified atom stereocenters. The predicted molar refractivity (Wildman–Crippen MR) is 75.4 cm³/mol. The molecular formula is C14H10ClN3O2. The van der Waals surface area contributed by atoms with Gasteiger partial charge in [-0.25, -0.2) is 9.78 Å². The van der Waals surface area contributed by atoms with Gasteiger partial charge in [-0.3, -0.25) is 0 Å². The Kier molecular flexibility index (Phi) is 3.87. The standard InChI is InChI=1S/C14H10ClN3O2/c1-18(10-4-2-3-9(5-10)7-16)13-6-11(14(19)20)12(15)8-17-13/h2-6,8H,1H3,(H,19,20). The van der Waals surface area contributed by atoms with Gasteiger partial charge in [-0.2, -0.15) is 5.26 Å². The van der Waals surface area contributed by atoms with E-state index in [1.165, 1.54) is 12.3 Å². The third-order valence-corrected chi connectivity index (χ3v) is 3.08. The second-order valence-electron chi connectivity index (χ2n) is 4.05. The van der Waals surface area contributed by atoms with E-state index < -0.39 is 5.97 Å². The molecule has 2 rings (SSSR count). The van der Waals surface area contributed by atoms with E-state index >= 15 is 0 Å². The Labute approximate surface area is 120 Å². The van der Waals surface area contributed by atoms with Crippen LogP contribution in [0.25, 0.3) is 0 Å². The maximum atomic E-state index is 11.1. The summed E-state index contributed by atoms with van der Waals surface area (Å²) in [6, 6.07) is 10.4. The van der Waals surface area contributed by atoms with Gasteiger partial charge in [0, 0.05) is 18.9 Å². The number of carboxylic acid groups (broad SMARTS) is 1. The summed E-state index contributed by atoms with van der Waals surface area (Å²) in [4.78, 5) is 16.8. The second kappa shape index (κ2) is 5.59. The number of nitrogens with zero attached hydrogens (tertiary/aromatic N) is 3. The monoisotopic (exact) mass is 287 g/mol. The number of halogens is 1. The molecule has 6 heteroatoms. The Hall–Kier alpha value is -2.58. The first-order valence-corrected chi connectivity index (χ1v) is 6.03. The zero-order chi connectivity index (χ0) is 14.7. The van der Waals surface area contributed by atoms with Crippen LogP contribution in [0.4, 0.5) is 11.5 Å². The fourth-order valence-electron chi connectivity index (χ4n) is 1.69. The Morgan fingerprint density at radius 3 is 2.85 bits per heavy atom. The van der Waals surface area contributed by atoms with Gasteiger partial charge >= 0.3 is 5.97 Å². The Balaban J connectivity index is 2.43. The summed E-state index contributed by atoms with van der Waals surface area (Å²) >= 11 is 5.78. The predicted octanol–water partition coefficient (Wildman–Crippen LogP) is 3.07. The van der Waals surface area contributed by atoms with Crippen LogP contribution >= 0.6 is 11.6 Å². The van der Waals surface area contributed by atoms with Crippen LogP contribution in [0.2, 0.25) is 5.02 Å². The SMILES string of the molecule is CN(c1cccc(C#N)c1)c1cc(C(=O)O)c(Cl)cn1. The van der Waals surface area contributed by atoms with Crippen molar-refractivity contribution < 1.29 is 9.90 Å². The first-order chi connectivity index (χ1) is 9.52. The number of anilines is 2. The van der Waals surface area contributed by atoms with Gasteiger partial charge in [0.15, 0.2) is 0 Å². The number of hydrogen-bond acceptors (Lipinski definition) is 4. The van der Waals surface area contributed by atoms with Gasteiger partial charge in [0.05, 0.1) is 22.2 Å². The number of aromatic carboxylic acids is 1. The van der Waals surface area contributed by atoms with E-state index in [2.05, 4.69) is 11.1 Å². The highest BCUT2D eigenvalue weighted by atomic mass is 35.5.